The maximum absolute atomic E-state index is 13.1. The number of aliphatic imine (C=N–C) groups is 1. The van der Waals surface area contributed by atoms with Gasteiger partial charge in [0.2, 0.25) is 5.91 Å². The Labute approximate surface area is 152 Å². The van der Waals surface area contributed by atoms with E-state index in [-0.39, 0.29) is 11.9 Å². The Morgan fingerprint density at radius 1 is 1.12 bits per heavy atom. The molecule has 1 saturated heterocycles. The Morgan fingerprint density at radius 3 is 2.71 bits per heavy atom. The van der Waals surface area contributed by atoms with Gasteiger partial charge in [0.15, 0.2) is 0 Å². The second-order valence-corrected chi connectivity index (χ2v) is 8.50. The number of carbonyl (C=O) groups is 1. The molecule has 3 unspecified atom stereocenters. The Morgan fingerprint density at radius 2 is 1.88 bits per heavy atom. The molecule has 3 nitrogen and oxygen atoms in total. The van der Waals surface area contributed by atoms with E-state index in [2.05, 4.69) is 4.90 Å². The van der Waals surface area contributed by atoms with Gasteiger partial charge in [0.1, 0.15) is 6.04 Å². The van der Waals surface area contributed by atoms with Crippen LogP contribution in [0.2, 0.25) is 5.02 Å². The molecular formula is C19H23ClN2OS. The molecule has 2 aliphatic heterocycles. The molecule has 1 aromatic rings. The van der Waals surface area contributed by atoms with Crippen molar-refractivity contribution >= 4 is 34.3 Å². The summed E-state index contributed by atoms with van der Waals surface area (Å²) in [6, 6.07) is 8.00. The summed E-state index contributed by atoms with van der Waals surface area (Å²) in [5.41, 5.74) is 1.06. The van der Waals surface area contributed by atoms with Crippen LogP contribution in [0.3, 0.4) is 0 Å². The van der Waals surface area contributed by atoms with Gasteiger partial charge in [-0.2, -0.15) is 0 Å². The fraction of sp³-hybridized carbons (Fsp3) is 0.579. The lowest BCUT2D eigenvalue weighted by molar-refractivity contribution is -0.138. The lowest BCUT2D eigenvalue weighted by atomic mass is 9.78. The van der Waals surface area contributed by atoms with E-state index < -0.39 is 0 Å². The van der Waals surface area contributed by atoms with Crippen molar-refractivity contribution in [2.75, 3.05) is 12.3 Å². The van der Waals surface area contributed by atoms with E-state index in [4.69, 9.17) is 16.6 Å². The molecule has 5 heteroatoms. The number of thioether (sulfide) groups is 1. The molecule has 1 saturated carbocycles. The number of hydrogen-bond acceptors (Lipinski definition) is 3. The quantitative estimate of drug-likeness (QED) is 0.781. The minimum atomic E-state index is -0.207. The largest absolute Gasteiger partial charge is 0.338 e. The molecule has 4 rings (SSSR count). The number of carbonyl (C=O) groups excluding carboxylic acids is 1. The number of rotatable bonds is 2. The van der Waals surface area contributed by atoms with Crippen LogP contribution in [-0.4, -0.2) is 40.2 Å². The number of amides is 1. The highest BCUT2D eigenvalue weighted by molar-refractivity contribution is 8.14. The van der Waals surface area contributed by atoms with Gasteiger partial charge in [-0.3, -0.25) is 9.79 Å². The van der Waals surface area contributed by atoms with Crippen LogP contribution in [0.15, 0.2) is 29.3 Å². The van der Waals surface area contributed by atoms with Crippen molar-refractivity contribution in [3.05, 3.63) is 34.9 Å². The number of likely N-dealkylation sites (tertiary alicyclic amines) is 1. The Balaban J connectivity index is 1.49. The van der Waals surface area contributed by atoms with Gasteiger partial charge in [-0.15, -0.1) is 11.8 Å². The molecule has 0 aromatic heterocycles. The van der Waals surface area contributed by atoms with Crippen molar-refractivity contribution in [3.63, 3.8) is 0 Å². The van der Waals surface area contributed by atoms with Crippen LogP contribution in [0.1, 0.15) is 44.1 Å². The van der Waals surface area contributed by atoms with Gasteiger partial charge >= 0.3 is 0 Å². The smallest absolute Gasteiger partial charge is 0.248 e. The first-order valence-corrected chi connectivity index (χ1v) is 10.4. The lowest BCUT2D eigenvalue weighted by Gasteiger charge is -2.44. The summed E-state index contributed by atoms with van der Waals surface area (Å²) in [7, 11) is 0. The van der Waals surface area contributed by atoms with Crippen LogP contribution >= 0.6 is 23.4 Å². The van der Waals surface area contributed by atoms with Crippen LogP contribution < -0.4 is 0 Å². The van der Waals surface area contributed by atoms with Crippen molar-refractivity contribution in [1.29, 1.82) is 0 Å². The van der Waals surface area contributed by atoms with Crippen LogP contribution in [-0.2, 0) is 4.79 Å². The molecule has 2 heterocycles. The minimum absolute atomic E-state index is 0.207. The molecule has 3 aliphatic rings. The summed E-state index contributed by atoms with van der Waals surface area (Å²) >= 11 is 7.65. The summed E-state index contributed by atoms with van der Waals surface area (Å²) < 4.78 is 0. The van der Waals surface area contributed by atoms with Gasteiger partial charge in [0.05, 0.1) is 5.04 Å². The minimum Gasteiger partial charge on any atom is -0.338 e. The highest BCUT2D eigenvalue weighted by Crippen LogP contribution is 2.36. The summed E-state index contributed by atoms with van der Waals surface area (Å²) in [4.78, 5) is 20.0. The number of benzene rings is 1. The van der Waals surface area contributed by atoms with Crippen LogP contribution in [0.5, 0.6) is 0 Å². The molecule has 128 valence electrons. The molecule has 24 heavy (non-hydrogen) atoms. The Kier molecular flexibility index (Phi) is 4.86. The zero-order chi connectivity index (χ0) is 16.5. The molecule has 2 fully saturated rings. The molecule has 0 N–H and O–H groups in total. The number of fused-ring (bicyclic) bond motifs is 1. The van der Waals surface area contributed by atoms with Crippen LogP contribution in [0.25, 0.3) is 0 Å². The van der Waals surface area contributed by atoms with Gasteiger partial charge < -0.3 is 4.90 Å². The molecular weight excluding hydrogens is 340 g/mol. The van der Waals surface area contributed by atoms with Crippen molar-refractivity contribution in [2.45, 2.75) is 50.6 Å². The van der Waals surface area contributed by atoms with Crippen LogP contribution in [0, 0.1) is 5.92 Å². The highest BCUT2D eigenvalue weighted by Gasteiger charge is 2.39. The third kappa shape index (κ3) is 3.23. The zero-order valence-electron chi connectivity index (χ0n) is 13.8. The fourth-order valence-corrected chi connectivity index (χ4v) is 5.50. The summed E-state index contributed by atoms with van der Waals surface area (Å²) in [6.45, 7) is 0.924. The standard InChI is InChI=1S/C19H23ClN2OS/c20-15-9-7-14(8-10-15)18-21-16(12-24-18)19(23)22-11-3-5-13-4-1-2-6-17(13)22/h7-10,13,16-17H,1-6,11-12H2. The molecule has 1 aromatic carbocycles. The Hall–Kier alpha value is -1.00. The van der Waals surface area contributed by atoms with Crippen LogP contribution in [0.4, 0.5) is 0 Å². The predicted octanol–water partition coefficient (Wildman–Crippen LogP) is 4.38. The second kappa shape index (κ2) is 7.09. The normalized spacial score (nSPS) is 30.0. The van der Waals surface area contributed by atoms with Gasteiger partial charge in [-0.25, -0.2) is 0 Å². The third-order valence-electron chi connectivity index (χ3n) is 5.55. The van der Waals surface area contributed by atoms with E-state index in [0.717, 1.165) is 40.3 Å². The van der Waals surface area contributed by atoms with Crippen molar-refractivity contribution < 1.29 is 4.79 Å². The number of halogens is 1. The first kappa shape index (κ1) is 16.5. The van der Waals surface area contributed by atoms with Gasteiger partial charge in [0, 0.05) is 28.9 Å². The number of nitrogens with zero attached hydrogens (tertiary/aromatic N) is 2. The summed E-state index contributed by atoms with van der Waals surface area (Å²) in [5.74, 6) is 1.75. The molecule has 3 atom stereocenters. The van der Waals surface area contributed by atoms with E-state index in [9.17, 15) is 4.79 Å². The number of piperidine rings is 1. The first-order chi connectivity index (χ1) is 11.7. The van der Waals surface area contributed by atoms with E-state index in [1.54, 1.807) is 11.8 Å². The lowest BCUT2D eigenvalue weighted by Crippen LogP contribution is -2.52. The monoisotopic (exact) mass is 362 g/mol. The molecule has 1 aliphatic carbocycles. The maximum Gasteiger partial charge on any atom is 0.248 e. The number of hydrogen-bond donors (Lipinski definition) is 0. The molecule has 0 spiro atoms. The van der Waals surface area contributed by atoms with Gasteiger partial charge in [-0.1, -0.05) is 36.6 Å². The topological polar surface area (TPSA) is 32.7 Å². The highest BCUT2D eigenvalue weighted by atomic mass is 35.5. The molecule has 1 amide bonds. The average molecular weight is 363 g/mol. The molecule has 0 radical (unpaired) electrons. The Bertz CT molecular complexity index is 643. The summed E-state index contributed by atoms with van der Waals surface area (Å²) in [6.07, 6.45) is 7.54. The second-order valence-electron chi connectivity index (χ2n) is 7.05. The zero-order valence-corrected chi connectivity index (χ0v) is 15.4. The van der Waals surface area contributed by atoms with E-state index in [1.165, 1.54) is 32.1 Å². The summed E-state index contributed by atoms with van der Waals surface area (Å²) in [5, 5.41) is 1.70. The van der Waals surface area contributed by atoms with E-state index in [1.807, 2.05) is 24.3 Å². The maximum atomic E-state index is 13.1. The van der Waals surface area contributed by atoms with Gasteiger partial charge in [0.25, 0.3) is 0 Å². The molecule has 0 bridgehead atoms. The SMILES string of the molecule is O=C(C1CSC(c2ccc(Cl)cc2)=N1)N1CCCC2CCCCC21. The van der Waals surface area contributed by atoms with E-state index >= 15 is 0 Å². The first-order valence-electron chi connectivity index (χ1n) is 8.99. The van der Waals surface area contributed by atoms with Crippen molar-refractivity contribution in [2.24, 2.45) is 10.9 Å². The van der Waals surface area contributed by atoms with Gasteiger partial charge in [-0.05, 0) is 43.7 Å². The van der Waals surface area contributed by atoms with Crippen molar-refractivity contribution in [1.82, 2.24) is 4.90 Å². The fourth-order valence-electron chi connectivity index (χ4n) is 4.34. The average Bonchev–Trinajstić information content (AvgIpc) is 3.11. The van der Waals surface area contributed by atoms with E-state index in [0.29, 0.717) is 6.04 Å². The predicted molar refractivity (Wildman–Crippen MR) is 101 cm³/mol. The third-order valence-corrected chi connectivity index (χ3v) is 6.90. The van der Waals surface area contributed by atoms with Crippen molar-refractivity contribution in [3.8, 4) is 0 Å².